The highest BCUT2D eigenvalue weighted by Crippen LogP contribution is 2.31. The summed E-state index contributed by atoms with van der Waals surface area (Å²) in [7, 11) is -2.84. The Morgan fingerprint density at radius 2 is 2.11 bits per heavy atom. The summed E-state index contributed by atoms with van der Waals surface area (Å²) in [5.74, 6) is 0.239. The SMILES string of the molecule is CC(C)(C)CC1CN=C(NCCCS(C)(=O)=O)S1. The number of thioether (sulfide) groups is 1. The van der Waals surface area contributed by atoms with Crippen molar-refractivity contribution in [3.63, 3.8) is 0 Å². The van der Waals surface area contributed by atoms with Gasteiger partial charge in [-0.15, -0.1) is 0 Å². The summed E-state index contributed by atoms with van der Waals surface area (Å²) < 4.78 is 21.9. The number of sulfone groups is 1. The van der Waals surface area contributed by atoms with Crippen molar-refractivity contribution in [2.24, 2.45) is 10.4 Å². The summed E-state index contributed by atoms with van der Waals surface area (Å²) in [4.78, 5) is 4.45. The van der Waals surface area contributed by atoms with Gasteiger partial charge in [-0.1, -0.05) is 32.5 Å². The molecule has 0 aromatic carbocycles. The second-order valence-corrected chi connectivity index (χ2v) is 9.61. The van der Waals surface area contributed by atoms with Crippen molar-refractivity contribution in [3.8, 4) is 0 Å². The summed E-state index contributed by atoms with van der Waals surface area (Å²) in [6, 6.07) is 0. The molecule has 1 atom stereocenters. The van der Waals surface area contributed by atoms with Gasteiger partial charge < -0.3 is 5.32 Å². The number of rotatable bonds is 5. The number of nitrogens with zero attached hydrogens (tertiary/aromatic N) is 1. The molecule has 1 heterocycles. The normalized spacial score (nSPS) is 20.9. The molecule has 1 aliphatic rings. The first-order valence-electron chi connectivity index (χ1n) is 6.28. The second kappa shape index (κ2) is 6.28. The topological polar surface area (TPSA) is 58.5 Å². The molecule has 18 heavy (non-hydrogen) atoms. The Balaban J connectivity index is 2.19. The number of aliphatic imine (C=N–C) groups is 1. The predicted molar refractivity (Wildman–Crippen MR) is 80.1 cm³/mol. The van der Waals surface area contributed by atoms with E-state index in [9.17, 15) is 8.42 Å². The minimum absolute atomic E-state index is 0.239. The van der Waals surface area contributed by atoms with Gasteiger partial charge in [-0.3, -0.25) is 4.99 Å². The molecule has 0 fully saturated rings. The van der Waals surface area contributed by atoms with E-state index in [1.165, 1.54) is 6.26 Å². The summed E-state index contributed by atoms with van der Waals surface area (Å²) in [6.07, 6.45) is 3.06. The number of nitrogens with one attached hydrogen (secondary N) is 1. The highest BCUT2D eigenvalue weighted by molar-refractivity contribution is 8.14. The zero-order valence-corrected chi connectivity index (χ0v) is 13.3. The van der Waals surface area contributed by atoms with Gasteiger partial charge in [0.25, 0.3) is 0 Å². The lowest BCUT2D eigenvalue weighted by Gasteiger charge is -2.21. The van der Waals surface area contributed by atoms with Crippen LogP contribution in [0.3, 0.4) is 0 Å². The lowest BCUT2D eigenvalue weighted by molar-refractivity contribution is 0.375. The quantitative estimate of drug-likeness (QED) is 0.787. The van der Waals surface area contributed by atoms with Crippen LogP contribution in [0.1, 0.15) is 33.6 Å². The zero-order chi connectivity index (χ0) is 13.8. The van der Waals surface area contributed by atoms with Crippen LogP contribution in [0, 0.1) is 5.41 Å². The van der Waals surface area contributed by atoms with E-state index in [0.717, 1.165) is 18.1 Å². The van der Waals surface area contributed by atoms with E-state index in [0.29, 0.717) is 23.6 Å². The van der Waals surface area contributed by atoms with Gasteiger partial charge in [0, 0.05) is 18.1 Å². The van der Waals surface area contributed by atoms with Crippen molar-refractivity contribution in [3.05, 3.63) is 0 Å². The molecular formula is C12H24N2O2S2. The van der Waals surface area contributed by atoms with Crippen LogP contribution < -0.4 is 5.32 Å². The van der Waals surface area contributed by atoms with Gasteiger partial charge >= 0.3 is 0 Å². The third-order valence-electron chi connectivity index (χ3n) is 2.52. The third kappa shape index (κ3) is 7.26. The van der Waals surface area contributed by atoms with Gasteiger partial charge in [-0.25, -0.2) is 8.42 Å². The molecular weight excluding hydrogens is 268 g/mol. The maximum absolute atomic E-state index is 11.0. The summed E-state index contributed by atoms with van der Waals surface area (Å²) in [5, 5.41) is 4.75. The van der Waals surface area contributed by atoms with Crippen LogP contribution in [0.5, 0.6) is 0 Å². The molecule has 0 saturated heterocycles. The molecule has 0 amide bonds. The van der Waals surface area contributed by atoms with Crippen molar-refractivity contribution >= 4 is 26.8 Å². The largest absolute Gasteiger partial charge is 0.365 e. The Morgan fingerprint density at radius 3 is 2.67 bits per heavy atom. The summed E-state index contributed by atoms with van der Waals surface area (Å²) in [5.41, 5.74) is 0.332. The first-order valence-corrected chi connectivity index (χ1v) is 9.22. The van der Waals surface area contributed by atoms with Gasteiger partial charge in [0.15, 0.2) is 5.17 Å². The third-order valence-corrected chi connectivity index (χ3v) is 4.70. The van der Waals surface area contributed by atoms with Crippen molar-refractivity contribution in [2.75, 3.05) is 25.1 Å². The number of amidine groups is 1. The molecule has 1 N–H and O–H groups in total. The first kappa shape index (κ1) is 15.8. The van der Waals surface area contributed by atoms with Crippen LogP contribution in [0.15, 0.2) is 4.99 Å². The van der Waals surface area contributed by atoms with Crippen molar-refractivity contribution in [2.45, 2.75) is 38.9 Å². The molecule has 0 radical (unpaired) electrons. The highest BCUT2D eigenvalue weighted by Gasteiger charge is 2.24. The maximum Gasteiger partial charge on any atom is 0.156 e. The average molecular weight is 292 g/mol. The van der Waals surface area contributed by atoms with Crippen LogP contribution >= 0.6 is 11.8 Å². The number of hydrogen-bond acceptors (Lipinski definition) is 5. The van der Waals surface area contributed by atoms with Gasteiger partial charge in [0.1, 0.15) is 9.84 Å². The molecule has 106 valence electrons. The van der Waals surface area contributed by atoms with Gasteiger partial charge in [-0.2, -0.15) is 0 Å². The first-order chi connectivity index (χ1) is 8.16. The fourth-order valence-electron chi connectivity index (χ4n) is 1.83. The fourth-order valence-corrected chi connectivity index (χ4v) is 3.88. The summed E-state index contributed by atoms with van der Waals surface area (Å²) in [6.45, 7) is 8.28. The van der Waals surface area contributed by atoms with E-state index in [1.807, 2.05) is 0 Å². The zero-order valence-electron chi connectivity index (χ0n) is 11.7. The minimum atomic E-state index is -2.84. The lowest BCUT2D eigenvalue weighted by Crippen LogP contribution is -2.23. The molecule has 1 rings (SSSR count). The van der Waals surface area contributed by atoms with Crippen molar-refractivity contribution < 1.29 is 8.42 Å². The fraction of sp³-hybridized carbons (Fsp3) is 0.917. The van der Waals surface area contributed by atoms with Crippen LogP contribution in [0.2, 0.25) is 0 Å². The van der Waals surface area contributed by atoms with Gasteiger partial charge in [0.05, 0.1) is 12.3 Å². The van der Waals surface area contributed by atoms with E-state index in [4.69, 9.17) is 0 Å². The second-order valence-electron chi connectivity index (χ2n) is 6.06. The Bertz CT molecular complexity index is 397. The average Bonchev–Trinajstić information content (AvgIpc) is 2.56. The maximum atomic E-state index is 11.0. The smallest absolute Gasteiger partial charge is 0.156 e. The van der Waals surface area contributed by atoms with E-state index < -0.39 is 9.84 Å². The minimum Gasteiger partial charge on any atom is -0.365 e. The molecule has 1 aliphatic heterocycles. The van der Waals surface area contributed by atoms with Crippen molar-refractivity contribution in [1.82, 2.24) is 5.32 Å². The Hall–Kier alpha value is -0.230. The molecule has 0 aromatic rings. The van der Waals surface area contributed by atoms with Crippen LogP contribution in [-0.2, 0) is 9.84 Å². The van der Waals surface area contributed by atoms with Crippen LogP contribution in [0.4, 0.5) is 0 Å². The Labute approximate surface area is 115 Å². The van der Waals surface area contributed by atoms with Crippen LogP contribution in [-0.4, -0.2) is 43.9 Å². The van der Waals surface area contributed by atoms with Crippen LogP contribution in [0.25, 0.3) is 0 Å². The standard InChI is InChI=1S/C12H24N2O2S2/c1-12(2,3)8-10-9-14-11(17-10)13-6-5-7-18(4,15)16/h10H,5-9H2,1-4H3,(H,13,14). The lowest BCUT2D eigenvalue weighted by atomic mass is 9.90. The van der Waals surface area contributed by atoms with E-state index in [1.54, 1.807) is 11.8 Å². The van der Waals surface area contributed by atoms with E-state index >= 15 is 0 Å². The van der Waals surface area contributed by atoms with E-state index in [-0.39, 0.29) is 5.75 Å². The molecule has 0 aliphatic carbocycles. The monoisotopic (exact) mass is 292 g/mol. The predicted octanol–water partition coefficient (Wildman–Crippen LogP) is 1.92. The molecule has 0 aromatic heterocycles. The highest BCUT2D eigenvalue weighted by atomic mass is 32.2. The molecule has 0 saturated carbocycles. The summed E-state index contributed by atoms with van der Waals surface area (Å²) >= 11 is 1.78. The Morgan fingerprint density at radius 1 is 1.44 bits per heavy atom. The molecule has 0 spiro atoms. The van der Waals surface area contributed by atoms with Gasteiger partial charge in [-0.05, 0) is 18.3 Å². The Kier molecular flexibility index (Phi) is 5.52. The van der Waals surface area contributed by atoms with E-state index in [2.05, 4.69) is 31.1 Å². The van der Waals surface area contributed by atoms with Gasteiger partial charge in [0.2, 0.25) is 0 Å². The molecule has 1 unspecified atom stereocenters. The molecule has 6 heteroatoms. The molecule has 4 nitrogen and oxygen atoms in total. The molecule has 0 bridgehead atoms. The van der Waals surface area contributed by atoms with Crippen molar-refractivity contribution in [1.29, 1.82) is 0 Å². The number of hydrogen-bond donors (Lipinski definition) is 1.